The minimum atomic E-state index is 0.544. The molecular formula is C19H12N4. The highest BCUT2D eigenvalue weighted by atomic mass is 15.1. The molecule has 0 saturated carbocycles. The fourth-order valence-electron chi connectivity index (χ4n) is 2.67. The Morgan fingerprint density at radius 2 is 1.52 bits per heavy atom. The fourth-order valence-corrected chi connectivity index (χ4v) is 2.67. The van der Waals surface area contributed by atoms with Crippen LogP contribution in [0.4, 0.5) is 0 Å². The van der Waals surface area contributed by atoms with Crippen molar-refractivity contribution in [3.05, 3.63) is 72.3 Å². The first-order valence-corrected chi connectivity index (χ1v) is 7.27. The largest absolute Gasteiger partial charge is 0.275 e. The molecule has 0 fully saturated rings. The molecule has 108 valence electrons. The highest BCUT2D eigenvalue weighted by Crippen LogP contribution is 2.30. The number of nitriles is 1. The second kappa shape index (κ2) is 5.39. The molecule has 4 heteroatoms. The molecule has 1 N–H and O–H groups in total. The lowest BCUT2D eigenvalue weighted by atomic mass is 10.0. The first-order valence-electron chi connectivity index (χ1n) is 7.27. The highest BCUT2D eigenvalue weighted by molar-refractivity contribution is 5.93. The van der Waals surface area contributed by atoms with Crippen LogP contribution in [0.2, 0.25) is 0 Å². The van der Waals surface area contributed by atoms with E-state index in [0.717, 1.165) is 22.2 Å². The van der Waals surface area contributed by atoms with Crippen molar-refractivity contribution in [3.63, 3.8) is 0 Å². The van der Waals surface area contributed by atoms with Gasteiger partial charge in [-0.05, 0) is 6.07 Å². The number of fused-ring (bicyclic) bond motifs is 1. The molecule has 4 rings (SSSR count). The Kier molecular flexibility index (Phi) is 3.10. The van der Waals surface area contributed by atoms with E-state index in [2.05, 4.69) is 21.3 Å². The van der Waals surface area contributed by atoms with Crippen LogP contribution in [0.15, 0.2) is 66.7 Å². The van der Waals surface area contributed by atoms with Crippen LogP contribution < -0.4 is 0 Å². The number of aromatic nitrogens is 3. The van der Waals surface area contributed by atoms with Crippen molar-refractivity contribution in [2.24, 2.45) is 0 Å². The molecule has 0 atom stereocenters. The standard InChI is InChI=1S/C19H12N4/c20-12-15-11-16-18(14-9-5-2-6-10-14)22-23-19(16)21-17(15)13-7-3-1-4-8-13/h1-11H,(H,21,22,23). The van der Waals surface area contributed by atoms with Gasteiger partial charge >= 0.3 is 0 Å². The number of rotatable bonds is 2. The second-order valence-corrected chi connectivity index (χ2v) is 5.20. The lowest BCUT2D eigenvalue weighted by Crippen LogP contribution is -1.90. The van der Waals surface area contributed by atoms with Gasteiger partial charge in [-0.2, -0.15) is 10.4 Å². The highest BCUT2D eigenvalue weighted by Gasteiger charge is 2.14. The van der Waals surface area contributed by atoms with Crippen LogP contribution >= 0.6 is 0 Å². The van der Waals surface area contributed by atoms with Crippen LogP contribution in [0.5, 0.6) is 0 Å². The minimum absolute atomic E-state index is 0.544. The Morgan fingerprint density at radius 3 is 2.17 bits per heavy atom. The van der Waals surface area contributed by atoms with E-state index < -0.39 is 0 Å². The Balaban J connectivity index is 1.96. The average Bonchev–Trinajstić information content (AvgIpc) is 3.05. The molecule has 0 bridgehead atoms. The second-order valence-electron chi connectivity index (χ2n) is 5.20. The van der Waals surface area contributed by atoms with Gasteiger partial charge in [0.2, 0.25) is 0 Å². The molecule has 0 radical (unpaired) electrons. The van der Waals surface area contributed by atoms with Gasteiger partial charge in [0.25, 0.3) is 0 Å². The van der Waals surface area contributed by atoms with E-state index in [4.69, 9.17) is 0 Å². The maximum atomic E-state index is 9.52. The van der Waals surface area contributed by atoms with Gasteiger partial charge in [-0.15, -0.1) is 0 Å². The molecular weight excluding hydrogens is 284 g/mol. The van der Waals surface area contributed by atoms with Gasteiger partial charge in [0.05, 0.1) is 17.0 Å². The summed E-state index contributed by atoms with van der Waals surface area (Å²) in [6, 6.07) is 23.7. The van der Waals surface area contributed by atoms with Crippen molar-refractivity contribution in [1.29, 1.82) is 5.26 Å². The topological polar surface area (TPSA) is 65.4 Å². The zero-order chi connectivity index (χ0) is 15.6. The van der Waals surface area contributed by atoms with Crippen LogP contribution in [-0.2, 0) is 0 Å². The fraction of sp³-hybridized carbons (Fsp3) is 0. The van der Waals surface area contributed by atoms with E-state index in [0.29, 0.717) is 16.9 Å². The smallest absolute Gasteiger partial charge is 0.182 e. The average molecular weight is 296 g/mol. The third-order valence-electron chi connectivity index (χ3n) is 3.78. The number of hydrogen-bond donors (Lipinski definition) is 1. The number of nitrogens with zero attached hydrogens (tertiary/aromatic N) is 3. The Bertz CT molecular complexity index is 1010. The lowest BCUT2D eigenvalue weighted by Gasteiger charge is -2.04. The molecule has 0 unspecified atom stereocenters. The van der Waals surface area contributed by atoms with Gasteiger partial charge in [0, 0.05) is 16.5 Å². The van der Waals surface area contributed by atoms with Gasteiger partial charge in [-0.3, -0.25) is 5.10 Å². The zero-order valence-electron chi connectivity index (χ0n) is 12.2. The lowest BCUT2D eigenvalue weighted by molar-refractivity contribution is 1.10. The van der Waals surface area contributed by atoms with E-state index in [1.54, 1.807) is 0 Å². The third-order valence-corrected chi connectivity index (χ3v) is 3.78. The molecule has 0 aliphatic heterocycles. The molecule has 0 aliphatic rings. The van der Waals surface area contributed by atoms with Crippen molar-refractivity contribution in [2.45, 2.75) is 0 Å². The number of nitrogens with one attached hydrogen (secondary N) is 1. The first kappa shape index (κ1) is 13.2. The number of aromatic amines is 1. The van der Waals surface area contributed by atoms with Crippen molar-refractivity contribution in [1.82, 2.24) is 15.2 Å². The summed E-state index contributed by atoms with van der Waals surface area (Å²) in [5, 5.41) is 17.7. The predicted octanol–water partition coefficient (Wildman–Crippen LogP) is 4.16. The summed E-state index contributed by atoms with van der Waals surface area (Å²) in [5.41, 5.74) is 4.63. The molecule has 2 aromatic heterocycles. The van der Waals surface area contributed by atoms with Crippen LogP contribution in [-0.4, -0.2) is 15.2 Å². The summed E-state index contributed by atoms with van der Waals surface area (Å²) in [7, 11) is 0. The molecule has 0 spiro atoms. The molecule has 0 saturated heterocycles. The molecule has 4 aromatic rings. The molecule has 2 heterocycles. The molecule has 4 nitrogen and oxygen atoms in total. The van der Waals surface area contributed by atoms with E-state index in [9.17, 15) is 5.26 Å². The van der Waals surface area contributed by atoms with Crippen LogP contribution in [0.1, 0.15) is 5.56 Å². The minimum Gasteiger partial charge on any atom is -0.275 e. The Hall–Kier alpha value is -3.45. The quantitative estimate of drug-likeness (QED) is 0.604. The van der Waals surface area contributed by atoms with Gasteiger partial charge < -0.3 is 0 Å². The number of pyridine rings is 1. The first-order chi connectivity index (χ1) is 11.4. The van der Waals surface area contributed by atoms with Crippen LogP contribution in [0.3, 0.4) is 0 Å². The molecule has 0 aliphatic carbocycles. The van der Waals surface area contributed by atoms with Crippen LogP contribution in [0.25, 0.3) is 33.5 Å². The van der Waals surface area contributed by atoms with Crippen molar-refractivity contribution >= 4 is 11.0 Å². The Morgan fingerprint density at radius 1 is 0.870 bits per heavy atom. The Labute approximate surface area is 133 Å². The summed E-state index contributed by atoms with van der Waals surface area (Å²) in [5.74, 6) is 0. The van der Waals surface area contributed by atoms with Crippen molar-refractivity contribution < 1.29 is 0 Å². The van der Waals surface area contributed by atoms with E-state index >= 15 is 0 Å². The predicted molar refractivity (Wildman–Crippen MR) is 89.5 cm³/mol. The SMILES string of the molecule is N#Cc1cc2c(-c3ccccc3)[nH]nc2nc1-c1ccccc1. The summed E-state index contributed by atoms with van der Waals surface area (Å²) < 4.78 is 0. The monoisotopic (exact) mass is 296 g/mol. The maximum Gasteiger partial charge on any atom is 0.182 e. The summed E-state index contributed by atoms with van der Waals surface area (Å²) >= 11 is 0. The number of hydrogen-bond acceptors (Lipinski definition) is 3. The van der Waals surface area contributed by atoms with Gasteiger partial charge in [0.15, 0.2) is 5.65 Å². The van der Waals surface area contributed by atoms with Gasteiger partial charge in [-0.25, -0.2) is 4.98 Å². The van der Waals surface area contributed by atoms with Crippen LogP contribution in [0, 0.1) is 11.3 Å². The number of H-pyrrole nitrogens is 1. The van der Waals surface area contributed by atoms with E-state index in [1.165, 1.54) is 0 Å². The van der Waals surface area contributed by atoms with E-state index in [-0.39, 0.29) is 0 Å². The summed E-state index contributed by atoms with van der Waals surface area (Å²) in [6.45, 7) is 0. The van der Waals surface area contributed by atoms with Gasteiger partial charge in [-0.1, -0.05) is 60.7 Å². The third kappa shape index (κ3) is 2.25. The van der Waals surface area contributed by atoms with Crippen molar-refractivity contribution in [2.75, 3.05) is 0 Å². The van der Waals surface area contributed by atoms with E-state index in [1.807, 2.05) is 66.7 Å². The summed E-state index contributed by atoms with van der Waals surface area (Å²) in [4.78, 5) is 4.60. The zero-order valence-corrected chi connectivity index (χ0v) is 12.2. The number of benzene rings is 2. The van der Waals surface area contributed by atoms with Crippen molar-refractivity contribution in [3.8, 4) is 28.6 Å². The molecule has 23 heavy (non-hydrogen) atoms. The molecule has 0 amide bonds. The van der Waals surface area contributed by atoms with Gasteiger partial charge in [0.1, 0.15) is 6.07 Å². The normalized spacial score (nSPS) is 10.6. The maximum absolute atomic E-state index is 9.52. The summed E-state index contributed by atoms with van der Waals surface area (Å²) in [6.07, 6.45) is 0. The molecule has 2 aromatic carbocycles.